The first-order valence-electron chi connectivity index (χ1n) is 4.71. The van der Waals surface area contributed by atoms with Gasteiger partial charge in [0.2, 0.25) is 0 Å². The largest absolute Gasteiger partial charge is 0.297 e. The number of halogens is 2. The van der Waals surface area contributed by atoms with Gasteiger partial charge in [0.15, 0.2) is 0 Å². The van der Waals surface area contributed by atoms with E-state index in [9.17, 15) is 4.39 Å². The number of terminal acetylenes is 1. The maximum Gasteiger partial charge on any atom is 0.124 e. The molecule has 1 aromatic rings. The lowest BCUT2D eigenvalue weighted by Crippen LogP contribution is -2.27. The molecule has 1 aromatic carbocycles. The van der Waals surface area contributed by atoms with Gasteiger partial charge in [0.05, 0.1) is 6.04 Å². The summed E-state index contributed by atoms with van der Waals surface area (Å²) in [6, 6.07) is 4.73. The third-order valence-electron chi connectivity index (χ3n) is 2.18. The van der Waals surface area contributed by atoms with Gasteiger partial charge in [-0.25, -0.2) is 4.39 Å². The Balaban J connectivity index is 2.83. The molecule has 0 bridgehead atoms. The molecule has 0 spiro atoms. The minimum Gasteiger partial charge on any atom is -0.297 e. The topological polar surface area (TPSA) is 12.0 Å². The molecule has 0 saturated heterocycles. The van der Waals surface area contributed by atoms with Crippen LogP contribution in [0, 0.1) is 18.2 Å². The fourth-order valence-corrected chi connectivity index (χ4v) is 2.06. The molecule has 1 nitrogen and oxygen atoms in total. The van der Waals surface area contributed by atoms with Crippen LogP contribution in [0.5, 0.6) is 0 Å². The zero-order valence-corrected chi connectivity index (χ0v) is 10.3. The molecule has 0 fully saturated rings. The summed E-state index contributed by atoms with van der Waals surface area (Å²) in [5.41, 5.74) is 0.999. The van der Waals surface area contributed by atoms with Crippen LogP contribution in [-0.2, 0) is 0 Å². The van der Waals surface area contributed by atoms with Crippen LogP contribution in [-0.4, -0.2) is 6.04 Å². The van der Waals surface area contributed by atoms with Crippen molar-refractivity contribution in [3.8, 4) is 12.3 Å². The van der Waals surface area contributed by atoms with Crippen LogP contribution in [0.3, 0.4) is 0 Å². The zero-order valence-electron chi connectivity index (χ0n) is 8.72. The first-order chi connectivity index (χ1) is 7.04. The number of nitrogens with one attached hydrogen (secondary N) is 1. The number of rotatable bonds is 3. The summed E-state index contributed by atoms with van der Waals surface area (Å²) in [6.45, 7) is 3.90. The highest BCUT2D eigenvalue weighted by molar-refractivity contribution is 9.10. The molecule has 0 heterocycles. The minimum absolute atomic E-state index is 0.00282. The summed E-state index contributed by atoms with van der Waals surface area (Å²) in [4.78, 5) is 0. The Bertz CT molecular complexity index is 384. The molecule has 0 aromatic heterocycles. The van der Waals surface area contributed by atoms with Gasteiger partial charge in [0, 0.05) is 10.5 Å². The Hall–Kier alpha value is -0.850. The van der Waals surface area contributed by atoms with Gasteiger partial charge in [-0.05, 0) is 31.5 Å². The van der Waals surface area contributed by atoms with Gasteiger partial charge in [-0.1, -0.05) is 27.9 Å². The number of benzene rings is 1. The molecule has 15 heavy (non-hydrogen) atoms. The Labute approximate surface area is 98.2 Å². The van der Waals surface area contributed by atoms with E-state index in [-0.39, 0.29) is 17.9 Å². The highest BCUT2D eigenvalue weighted by atomic mass is 79.9. The van der Waals surface area contributed by atoms with E-state index in [2.05, 4.69) is 27.2 Å². The van der Waals surface area contributed by atoms with Crippen LogP contribution in [0.2, 0.25) is 0 Å². The van der Waals surface area contributed by atoms with Crippen LogP contribution < -0.4 is 5.32 Å². The molecule has 0 aliphatic heterocycles. The van der Waals surface area contributed by atoms with Crippen LogP contribution in [0.25, 0.3) is 0 Å². The number of hydrogen-bond acceptors (Lipinski definition) is 1. The fourth-order valence-electron chi connectivity index (χ4n) is 1.37. The Kier molecular flexibility index (Phi) is 4.31. The predicted molar refractivity (Wildman–Crippen MR) is 63.9 cm³/mol. The molecule has 0 aliphatic rings. The lowest BCUT2D eigenvalue weighted by Gasteiger charge is -2.17. The third kappa shape index (κ3) is 3.33. The van der Waals surface area contributed by atoms with Gasteiger partial charge in [-0.15, -0.1) is 6.42 Å². The summed E-state index contributed by atoms with van der Waals surface area (Å²) in [5, 5.41) is 3.22. The van der Waals surface area contributed by atoms with E-state index in [0.29, 0.717) is 0 Å². The maximum atomic E-state index is 12.9. The molecular weight excluding hydrogens is 257 g/mol. The predicted octanol–water partition coefficient (Wildman–Crippen LogP) is 3.26. The lowest BCUT2D eigenvalue weighted by atomic mass is 10.1. The second-order valence-corrected chi connectivity index (χ2v) is 4.30. The maximum absolute atomic E-state index is 12.9. The SMILES string of the molecule is C#CC(C)NC(C)c1ccc(F)cc1Br. The number of hydrogen-bond donors (Lipinski definition) is 1. The van der Waals surface area contributed by atoms with Crippen molar-refractivity contribution < 1.29 is 4.39 Å². The van der Waals surface area contributed by atoms with Crippen molar-refractivity contribution in [2.24, 2.45) is 0 Å². The fraction of sp³-hybridized carbons (Fsp3) is 0.333. The molecular formula is C12H13BrFN. The van der Waals surface area contributed by atoms with E-state index in [1.165, 1.54) is 12.1 Å². The van der Waals surface area contributed by atoms with Gasteiger partial charge >= 0.3 is 0 Å². The van der Waals surface area contributed by atoms with Gasteiger partial charge in [-0.2, -0.15) is 0 Å². The van der Waals surface area contributed by atoms with Crippen molar-refractivity contribution in [3.63, 3.8) is 0 Å². The minimum atomic E-state index is -0.247. The molecule has 0 amide bonds. The van der Waals surface area contributed by atoms with Crippen molar-refractivity contribution in [1.29, 1.82) is 0 Å². The van der Waals surface area contributed by atoms with Crippen molar-refractivity contribution in [2.45, 2.75) is 25.9 Å². The Morgan fingerprint density at radius 1 is 1.47 bits per heavy atom. The third-order valence-corrected chi connectivity index (χ3v) is 2.87. The summed E-state index contributed by atoms with van der Waals surface area (Å²) >= 11 is 3.33. The van der Waals surface area contributed by atoms with Crippen LogP contribution in [0.4, 0.5) is 4.39 Å². The molecule has 0 aliphatic carbocycles. The first-order valence-corrected chi connectivity index (χ1v) is 5.51. The van der Waals surface area contributed by atoms with Gasteiger partial charge in [-0.3, -0.25) is 5.32 Å². The Morgan fingerprint density at radius 3 is 2.67 bits per heavy atom. The standard InChI is InChI=1S/C12H13BrFN/c1-4-8(2)15-9(3)11-6-5-10(14)7-12(11)13/h1,5-9,15H,2-3H3. The van der Waals surface area contributed by atoms with E-state index in [0.717, 1.165) is 10.0 Å². The van der Waals surface area contributed by atoms with Gasteiger partial charge < -0.3 is 0 Å². The zero-order chi connectivity index (χ0) is 11.4. The molecule has 0 radical (unpaired) electrons. The molecule has 2 unspecified atom stereocenters. The summed E-state index contributed by atoms with van der Waals surface area (Å²) < 4.78 is 13.6. The lowest BCUT2D eigenvalue weighted by molar-refractivity contribution is 0.542. The van der Waals surface area contributed by atoms with Gasteiger partial charge in [0.1, 0.15) is 5.82 Å². The second kappa shape index (κ2) is 5.29. The molecule has 3 heteroatoms. The van der Waals surface area contributed by atoms with E-state index >= 15 is 0 Å². The summed E-state index contributed by atoms with van der Waals surface area (Å²) in [7, 11) is 0. The van der Waals surface area contributed by atoms with E-state index < -0.39 is 0 Å². The van der Waals surface area contributed by atoms with Gasteiger partial charge in [0.25, 0.3) is 0 Å². The smallest absolute Gasteiger partial charge is 0.124 e. The van der Waals surface area contributed by atoms with Crippen LogP contribution >= 0.6 is 15.9 Å². The van der Waals surface area contributed by atoms with Crippen LogP contribution in [0.1, 0.15) is 25.5 Å². The molecule has 1 N–H and O–H groups in total. The molecule has 1 rings (SSSR count). The van der Waals surface area contributed by atoms with E-state index in [1.54, 1.807) is 6.07 Å². The first kappa shape index (κ1) is 12.2. The second-order valence-electron chi connectivity index (χ2n) is 3.44. The highest BCUT2D eigenvalue weighted by Gasteiger charge is 2.11. The van der Waals surface area contributed by atoms with Crippen LogP contribution in [0.15, 0.2) is 22.7 Å². The van der Waals surface area contributed by atoms with Crippen molar-refractivity contribution in [3.05, 3.63) is 34.1 Å². The quantitative estimate of drug-likeness (QED) is 0.831. The highest BCUT2D eigenvalue weighted by Crippen LogP contribution is 2.24. The average molecular weight is 270 g/mol. The normalized spacial score (nSPS) is 14.3. The Morgan fingerprint density at radius 2 is 2.13 bits per heavy atom. The summed E-state index contributed by atoms with van der Waals surface area (Å²) in [6.07, 6.45) is 5.28. The van der Waals surface area contributed by atoms with E-state index in [1.807, 2.05) is 13.8 Å². The van der Waals surface area contributed by atoms with E-state index in [4.69, 9.17) is 6.42 Å². The molecule has 80 valence electrons. The van der Waals surface area contributed by atoms with Crippen molar-refractivity contribution >= 4 is 15.9 Å². The monoisotopic (exact) mass is 269 g/mol. The summed E-state index contributed by atoms with van der Waals surface area (Å²) in [5.74, 6) is 2.35. The molecule has 2 atom stereocenters. The molecule has 0 saturated carbocycles. The average Bonchev–Trinajstić information content (AvgIpc) is 2.17. The van der Waals surface area contributed by atoms with Crippen molar-refractivity contribution in [1.82, 2.24) is 5.32 Å². The van der Waals surface area contributed by atoms with Crippen molar-refractivity contribution in [2.75, 3.05) is 0 Å².